The molecule has 4 aromatic carbocycles. The van der Waals surface area contributed by atoms with Crippen LogP contribution in [-0.2, 0) is 38.4 Å². The first-order valence-corrected chi connectivity index (χ1v) is 27.1. The molecule has 2 saturated heterocycles. The molecule has 0 bridgehead atoms. The van der Waals surface area contributed by atoms with Crippen molar-refractivity contribution in [1.29, 1.82) is 0 Å². The van der Waals surface area contributed by atoms with Crippen LogP contribution in [-0.4, -0.2) is 103 Å². The van der Waals surface area contributed by atoms with Crippen molar-refractivity contribution >= 4 is 81.3 Å². The molecule has 4 aromatic rings. The summed E-state index contributed by atoms with van der Waals surface area (Å²) in [5.41, 5.74) is 2.31. The SMILES string of the molecule is O=C(CCCCCNC(=O)c1ccc(-c2c3ccc(=O)cc-3oc3cc(O)ccc23)c(C(=O)O)c1)ON1C(=O)CCC1=O.O=C(CCCCCNC(=O)c1ccc(C(=O)O)c(-c2c3ccc(=O)cc-3oc3cc(O)ccc23)c1)ON1C(=O)CCC1=O. The largest absolute Gasteiger partial charge is 0.508 e. The van der Waals surface area contributed by atoms with E-state index in [2.05, 4.69) is 10.6 Å². The number of aromatic carboxylic acids is 2. The van der Waals surface area contributed by atoms with Gasteiger partial charge in [-0.05, 0) is 116 Å². The zero-order valence-corrected chi connectivity index (χ0v) is 45.5. The second kappa shape index (κ2) is 26.0. The zero-order valence-electron chi connectivity index (χ0n) is 45.5. The molecule has 0 unspecified atom stereocenters. The number of phenols is 2. The van der Waals surface area contributed by atoms with Crippen molar-refractivity contribution in [3.8, 4) is 56.4 Å². The number of hydrogen-bond donors (Lipinski definition) is 6. The molecule has 0 radical (unpaired) electrons. The minimum Gasteiger partial charge on any atom is -0.508 e. The summed E-state index contributed by atoms with van der Waals surface area (Å²) < 4.78 is 11.7. The molecule has 24 nitrogen and oxygen atoms in total. The summed E-state index contributed by atoms with van der Waals surface area (Å²) in [5.74, 6) is -6.72. The Balaban J connectivity index is 0.000000205. The lowest BCUT2D eigenvalue weighted by Gasteiger charge is -2.17. The van der Waals surface area contributed by atoms with E-state index in [9.17, 15) is 78.0 Å². The number of amides is 6. The van der Waals surface area contributed by atoms with Crippen LogP contribution < -0.4 is 21.5 Å². The number of fused-ring (bicyclic) bond motifs is 4. The summed E-state index contributed by atoms with van der Waals surface area (Å²) in [7, 11) is 0. The van der Waals surface area contributed by atoms with Crippen molar-refractivity contribution in [1.82, 2.24) is 20.8 Å². The van der Waals surface area contributed by atoms with E-state index in [-0.39, 0.29) is 124 Å². The highest BCUT2D eigenvalue weighted by Gasteiger charge is 2.34. The second-order valence-electron chi connectivity index (χ2n) is 20.0. The van der Waals surface area contributed by atoms with Crippen LogP contribution in [0.2, 0.25) is 0 Å². The Bertz CT molecular complexity index is 4110. The highest BCUT2D eigenvalue weighted by Crippen LogP contribution is 2.44. The van der Waals surface area contributed by atoms with Crippen LogP contribution in [0.1, 0.15) is 118 Å². The molecular weight excluding hydrogens is 1120 g/mol. The van der Waals surface area contributed by atoms with Crippen molar-refractivity contribution in [2.75, 3.05) is 13.1 Å². The normalized spacial score (nSPS) is 13.1. The highest BCUT2D eigenvalue weighted by molar-refractivity contribution is 6.11. The minimum atomic E-state index is -1.27. The molecule has 0 aromatic heterocycles. The molecule has 6 aliphatic rings. The van der Waals surface area contributed by atoms with E-state index in [1.165, 1.54) is 91.0 Å². The number of nitrogens with zero attached hydrogens (tertiary/aromatic N) is 2. The number of benzene rings is 6. The number of carbonyl (C=O) groups is 10. The first kappa shape index (κ1) is 59.6. The predicted octanol–water partition coefficient (Wildman–Crippen LogP) is 7.73. The van der Waals surface area contributed by atoms with Crippen molar-refractivity contribution < 1.29 is 86.9 Å². The van der Waals surface area contributed by atoms with E-state index in [4.69, 9.17) is 18.5 Å². The molecule has 4 heterocycles. The van der Waals surface area contributed by atoms with Gasteiger partial charge in [-0.1, -0.05) is 18.9 Å². The Hall–Kier alpha value is -11.0. The van der Waals surface area contributed by atoms with E-state index >= 15 is 0 Å². The number of carbonyl (C=O) groups excluding carboxylic acids is 8. The van der Waals surface area contributed by atoms with Gasteiger partial charge in [0.1, 0.15) is 34.2 Å². The molecule has 0 saturated carbocycles. The molecule has 0 spiro atoms. The summed E-state index contributed by atoms with van der Waals surface area (Å²) in [6, 6.07) is 25.5. The van der Waals surface area contributed by atoms with Crippen LogP contribution in [0.25, 0.3) is 66.8 Å². The third-order valence-corrected chi connectivity index (χ3v) is 14.0. The number of carboxylic acids is 2. The molecule has 440 valence electrons. The van der Waals surface area contributed by atoms with Gasteiger partial charge in [-0.25, -0.2) is 19.2 Å². The van der Waals surface area contributed by atoms with Gasteiger partial charge in [-0.3, -0.25) is 38.4 Å². The fourth-order valence-electron chi connectivity index (χ4n) is 9.82. The fraction of sp³-hybridized carbons (Fsp3) is 0.226. The predicted molar refractivity (Wildman–Crippen MR) is 302 cm³/mol. The molecular formula is C62H52N4O20. The standard InChI is InChI=1S/2C31H26N2O10/c34-18-6-9-21-24(15-18)42-25-16-19(35)7-10-22(25)29(21)23-14-17(5-8-20(23)31(40)41)30(39)32-13-3-1-2-4-28(38)43-33-26(36)11-12-27(33)37;34-18-6-9-21-24(15-18)42-25-16-19(35)7-10-22(25)29(21)20-8-5-17(14-23(20)31(40)41)30(39)32-13-3-1-2-4-28(38)43-33-26(36)11-12-27(33)37/h2*5-10,14-16,34H,1-4,11-13H2,(H,32,39)(H,40,41). The van der Waals surface area contributed by atoms with Crippen molar-refractivity contribution in [3.05, 3.63) is 152 Å². The van der Waals surface area contributed by atoms with Crippen molar-refractivity contribution in [2.24, 2.45) is 0 Å². The van der Waals surface area contributed by atoms with E-state index in [0.29, 0.717) is 87.2 Å². The summed E-state index contributed by atoms with van der Waals surface area (Å²) in [5, 5.41) is 47.5. The zero-order chi connectivity index (χ0) is 61.3. The van der Waals surface area contributed by atoms with Gasteiger partial charge in [0, 0.05) is 120 Å². The quantitative estimate of drug-likeness (QED) is 0.0241. The Kier molecular flexibility index (Phi) is 18.0. The molecule has 86 heavy (non-hydrogen) atoms. The molecule has 0 atom stereocenters. The Morgan fingerprint density at radius 3 is 1.31 bits per heavy atom. The lowest BCUT2D eigenvalue weighted by molar-refractivity contribution is -0.197. The number of rotatable bonds is 20. The number of phenolic OH excluding ortho intramolecular Hbond substituents is 2. The van der Waals surface area contributed by atoms with Crippen LogP contribution in [0.5, 0.6) is 11.5 Å². The molecule has 6 amide bonds. The van der Waals surface area contributed by atoms with Crippen molar-refractivity contribution in [3.63, 3.8) is 0 Å². The third kappa shape index (κ3) is 13.6. The highest BCUT2D eigenvalue weighted by atomic mass is 16.7. The maximum absolute atomic E-state index is 13.0. The molecule has 10 rings (SSSR count). The van der Waals surface area contributed by atoms with Crippen LogP contribution in [0.15, 0.2) is 128 Å². The van der Waals surface area contributed by atoms with E-state index in [0.717, 1.165) is 0 Å². The lowest BCUT2D eigenvalue weighted by Crippen LogP contribution is -2.31. The fourth-order valence-corrected chi connectivity index (χ4v) is 9.82. The summed E-state index contributed by atoms with van der Waals surface area (Å²) in [6.07, 6.45) is 3.07. The van der Waals surface area contributed by atoms with Gasteiger partial charge in [0.25, 0.3) is 35.4 Å². The monoisotopic (exact) mass is 1170 g/mol. The molecule has 6 N–H and O–H groups in total. The Labute approximate surface area is 485 Å². The maximum atomic E-state index is 13.0. The summed E-state index contributed by atoms with van der Waals surface area (Å²) in [4.78, 5) is 154. The first-order valence-electron chi connectivity index (χ1n) is 27.1. The van der Waals surface area contributed by atoms with Gasteiger partial charge in [0.2, 0.25) is 0 Å². The van der Waals surface area contributed by atoms with E-state index in [1.807, 2.05) is 0 Å². The molecule has 4 aliphatic heterocycles. The summed E-state index contributed by atoms with van der Waals surface area (Å²) >= 11 is 0. The lowest BCUT2D eigenvalue weighted by atomic mass is 9.89. The topological polar surface area (TPSA) is 361 Å². The second-order valence-corrected chi connectivity index (χ2v) is 20.0. The van der Waals surface area contributed by atoms with Crippen LogP contribution in [0, 0.1) is 0 Å². The number of hydroxylamine groups is 4. The smallest absolute Gasteiger partial charge is 0.336 e. The van der Waals surface area contributed by atoms with Crippen molar-refractivity contribution in [2.45, 2.75) is 77.0 Å². The number of hydrogen-bond acceptors (Lipinski definition) is 18. The summed E-state index contributed by atoms with van der Waals surface area (Å²) in [6.45, 7) is 0.534. The molecule has 2 aliphatic carbocycles. The number of imide groups is 2. The van der Waals surface area contributed by atoms with Gasteiger partial charge in [-0.15, -0.1) is 10.1 Å². The van der Waals surface area contributed by atoms with E-state index in [1.54, 1.807) is 18.2 Å². The number of unbranched alkanes of at least 4 members (excludes halogenated alkanes) is 4. The van der Waals surface area contributed by atoms with E-state index < -0.39 is 59.3 Å². The number of carboxylic acid groups (broad SMARTS) is 2. The Morgan fingerprint density at radius 2 is 0.860 bits per heavy atom. The van der Waals surface area contributed by atoms with Gasteiger partial charge in [0.15, 0.2) is 10.9 Å². The first-order chi connectivity index (χ1) is 41.2. The van der Waals surface area contributed by atoms with Gasteiger partial charge in [0.05, 0.1) is 11.1 Å². The maximum Gasteiger partial charge on any atom is 0.336 e. The minimum absolute atomic E-state index is 0.000314. The Morgan fingerprint density at radius 1 is 0.442 bits per heavy atom. The van der Waals surface area contributed by atoms with Crippen LogP contribution in [0.4, 0.5) is 0 Å². The average molecular weight is 1170 g/mol. The van der Waals surface area contributed by atoms with Crippen LogP contribution in [0.3, 0.4) is 0 Å². The molecule has 24 heteroatoms. The van der Waals surface area contributed by atoms with Gasteiger partial charge < -0.3 is 49.6 Å². The van der Waals surface area contributed by atoms with Gasteiger partial charge in [-0.2, -0.15) is 0 Å². The van der Waals surface area contributed by atoms with Gasteiger partial charge >= 0.3 is 23.9 Å². The number of nitrogens with one attached hydrogen (secondary N) is 2. The third-order valence-electron chi connectivity index (χ3n) is 14.0. The number of aromatic hydroxyl groups is 2. The van der Waals surface area contributed by atoms with Crippen LogP contribution >= 0.6 is 0 Å². The molecule has 2 fully saturated rings. The average Bonchev–Trinajstić information content (AvgIpc) is 1.01.